The van der Waals surface area contributed by atoms with Gasteiger partial charge in [0.25, 0.3) is 0 Å². The lowest BCUT2D eigenvalue weighted by atomic mass is 9.61. The molecule has 3 fully saturated rings. The van der Waals surface area contributed by atoms with Crippen molar-refractivity contribution in [3.05, 3.63) is 54.1 Å². The molecule has 0 N–H and O–H groups in total. The van der Waals surface area contributed by atoms with E-state index in [1.165, 1.54) is 69.6 Å². The topological polar surface area (TPSA) is 9.23 Å². The molecule has 170 valence electrons. The molecule has 3 heteroatoms. The number of benzene rings is 1. The molecule has 4 unspecified atom stereocenters. The van der Waals surface area contributed by atoms with Gasteiger partial charge in [0.2, 0.25) is 0 Å². The maximum atomic E-state index is 14.4. The van der Waals surface area contributed by atoms with Gasteiger partial charge in [0.05, 0.1) is 0 Å². The molecule has 0 aliphatic heterocycles. The van der Waals surface area contributed by atoms with Crippen molar-refractivity contribution in [3.63, 3.8) is 0 Å². The predicted molar refractivity (Wildman–Crippen MR) is 123 cm³/mol. The monoisotopic (exact) mass is 428 g/mol. The Hall–Kier alpha value is -1.64. The van der Waals surface area contributed by atoms with Crippen LogP contribution in [0.3, 0.4) is 0 Å². The lowest BCUT2D eigenvalue weighted by Crippen LogP contribution is -2.34. The molecule has 0 saturated heterocycles. The first-order chi connectivity index (χ1) is 15.1. The normalized spacial score (nSPS) is 33.8. The van der Waals surface area contributed by atoms with Crippen LogP contribution >= 0.6 is 0 Å². The Balaban J connectivity index is 1.31. The van der Waals surface area contributed by atoms with Crippen molar-refractivity contribution in [2.24, 2.45) is 29.6 Å². The molecule has 1 nitrogen and oxygen atoms in total. The van der Waals surface area contributed by atoms with E-state index in [2.05, 4.69) is 25.7 Å². The highest BCUT2D eigenvalue weighted by Gasteiger charge is 2.38. The fraction of sp³-hybridized carbons (Fsp3) is 0.643. The van der Waals surface area contributed by atoms with E-state index in [1.807, 2.05) is 0 Å². The van der Waals surface area contributed by atoms with Crippen LogP contribution in [0.25, 0.3) is 0 Å². The summed E-state index contributed by atoms with van der Waals surface area (Å²) < 4.78 is 33.9. The standard InChI is InChI=1S/C28H38F2O/c1-3-5-19-6-7-24-16-23(13-12-22(24)15-19)20-8-10-21(11-9-20)25-17-26(29)28(27(30)18-25)31-14-4-2/h3-5,17-24H,2,6-16H2,1H3/b5-3+. The molecule has 3 aliphatic carbocycles. The van der Waals surface area contributed by atoms with Crippen LogP contribution in [0.15, 0.2) is 36.9 Å². The van der Waals surface area contributed by atoms with Crippen LogP contribution in [0.4, 0.5) is 8.78 Å². The smallest absolute Gasteiger partial charge is 0.191 e. The van der Waals surface area contributed by atoms with E-state index in [0.29, 0.717) is 0 Å². The van der Waals surface area contributed by atoms with Gasteiger partial charge < -0.3 is 4.74 Å². The molecular weight excluding hydrogens is 390 g/mol. The van der Waals surface area contributed by atoms with Gasteiger partial charge in [-0.15, -0.1) is 0 Å². The molecule has 31 heavy (non-hydrogen) atoms. The van der Waals surface area contributed by atoms with Gasteiger partial charge in [0.15, 0.2) is 17.4 Å². The Labute approximate surface area is 187 Å². The SMILES string of the molecule is C=CCOc1c(F)cc(C2CCC(C3CCC4CC(/C=C/C)CCC4C3)CC2)cc1F. The Morgan fingerprint density at radius 1 is 0.871 bits per heavy atom. The molecule has 0 radical (unpaired) electrons. The molecule has 4 rings (SSSR count). The lowest BCUT2D eigenvalue weighted by Gasteiger charge is -2.45. The molecule has 0 amide bonds. The third kappa shape index (κ3) is 5.23. The van der Waals surface area contributed by atoms with Gasteiger partial charge in [-0.2, -0.15) is 0 Å². The molecule has 0 spiro atoms. The molecule has 3 saturated carbocycles. The first-order valence-electron chi connectivity index (χ1n) is 12.4. The summed E-state index contributed by atoms with van der Waals surface area (Å²) in [6.45, 7) is 5.79. The van der Waals surface area contributed by atoms with Crippen molar-refractivity contribution in [1.29, 1.82) is 0 Å². The van der Waals surface area contributed by atoms with Crippen molar-refractivity contribution in [2.75, 3.05) is 6.61 Å². The highest BCUT2D eigenvalue weighted by Crippen LogP contribution is 2.50. The number of hydrogen-bond acceptors (Lipinski definition) is 1. The zero-order valence-corrected chi connectivity index (χ0v) is 19.0. The number of fused-ring (bicyclic) bond motifs is 1. The van der Waals surface area contributed by atoms with E-state index < -0.39 is 11.6 Å². The fourth-order valence-corrected chi connectivity index (χ4v) is 6.86. The first-order valence-corrected chi connectivity index (χ1v) is 12.4. The number of rotatable bonds is 6. The van der Waals surface area contributed by atoms with Gasteiger partial charge in [0.1, 0.15) is 6.61 Å². The summed E-state index contributed by atoms with van der Waals surface area (Å²) in [6, 6.07) is 2.97. The summed E-state index contributed by atoms with van der Waals surface area (Å²) in [7, 11) is 0. The summed E-state index contributed by atoms with van der Waals surface area (Å²) in [4.78, 5) is 0. The molecule has 3 aliphatic rings. The van der Waals surface area contributed by atoms with E-state index in [0.717, 1.165) is 48.0 Å². The average molecular weight is 429 g/mol. The highest BCUT2D eigenvalue weighted by atomic mass is 19.1. The Kier molecular flexibility index (Phi) is 7.51. The van der Waals surface area contributed by atoms with Gasteiger partial charge >= 0.3 is 0 Å². The van der Waals surface area contributed by atoms with E-state index >= 15 is 0 Å². The Morgan fingerprint density at radius 3 is 2.10 bits per heavy atom. The highest BCUT2D eigenvalue weighted by molar-refractivity contribution is 5.33. The summed E-state index contributed by atoms with van der Waals surface area (Å²) >= 11 is 0. The number of ether oxygens (including phenoxy) is 1. The minimum atomic E-state index is -0.592. The summed E-state index contributed by atoms with van der Waals surface area (Å²) in [5.74, 6) is 3.15. The van der Waals surface area contributed by atoms with Crippen LogP contribution in [0.5, 0.6) is 5.75 Å². The largest absolute Gasteiger partial charge is 0.483 e. The number of allylic oxidation sites excluding steroid dienone is 2. The molecule has 0 heterocycles. The molecule has 0 aromatic heterocycles. The third-order valence-electron chi connectivity index (χ3n) is 8.43. The van der Waals surface area contributed by atoms with Gasteiger partial charge in [0, 0.05) is 0 Å². The van der Waals surface area contributed by atoms with Crippen LogP contribution in [0.1, 0.15) is 82.6 Å². The Morgan fingerprint density at radius 2 is 1.45 bits per heavy atom. The van der Waals surface area contributed by atoms with Crippen LogP contribution in [0, 0.1) is 41.2 Å². The van der Waals surface area contributed by atoms with Crippen LogP contribution < -0.4 is 4.74 Å². The zero-order chi connectivity index (χ0) is 21.8. The van der Waals surface area contributed by atoms with Crippen molar-refractivity contribution in [3.8, 4) is 5.75 Å². The number of halogens is 2. The van der Waals surface area contributed by atoms with Crippen molar-refractivity contribution < 1.29 is 13.5 Å². The first kappa shape index (κ1) is 22.6. The van der Waals surface area contributed by atoms with Crippen LogP contribution in [-0.4, -0.2) is 6.61 Å². The maximum absolute atomic E-state index is 14.4. The Bertz CT molecular complexity index is 754. The number of hydrogen-bond donors (Lipinski definition) is 0. The summed E-state index contributed by atoms with van der Waals surface area (Å²) in [6.07, 6.45) is 19.0. The molecule has 1 aromatic rings. The predicted octanol–water partition coefficient (Wildman–Crippen LogP) is 8.21. The minimum absolute atomic E-state index is 0.109. The third-order valence-corrected chi connectivity index (χ3v) is 8.43. The van der Waals surface area contributed by atoms with Gasteiger partial charge in [-0.3, -0.25) is 0 Å². The average Bonchev–Trinajstić information content (AvgIpc) is 2.78. The molecule has 4 atom stereocenters. The van der Waals surface area contributed by atoms with E-state index in [1.54, 1.807) is 0 Å². The molecule has 1 aromatic carbocycles. The van der Waals surface area contributed by atoms with Crippen LogP contribution in [-0.2, 0) is 0 Å². The second-order valence-corrected chi connectivity index (χ2v) is 10.2. The van der Waals surface area contributed by atoms with Gasteiger partial charge in [-0.1, -0.05) is 24.8 Å². The second kappa shape index (κ2) is 10.3. The van der Waals surface area contributed by atoms with Crippen molar-refractivity contribution in [1.82, 2.24) is 0 Å². The fourth-order valence-electron chi connectivity index (χ4n) is 6.86. The van der Waals surface area contributed by atoms with Gasteiger partial charge in [-0.25, -0.2) is 8.78 Å². The van der Waals surface area contributed by atoms with Gasteiger partial charge in [-0.05, 0) is 124 Å². The summed E-state index contributed by atoms with van der Waals surface area (Å²) in [5.41, 5.74) is 0.797. The molecule has 0 bridgehead atoms. The van der Waals surface area contributed by atoms with E-state index in [4.69, 9.17) is 4.74 Å². The summed E-state index contributed by atoms with van der Waals surface area (Å²) in [5, 5.41) is 0. The van der Waals surface area contributed by atoms with E-state index in [-0.39, 0.29) is 18.3 Å². The second-order valence-electron chi connectivity index (χ2n) is 10.2. The zero-order valence-electron chi connectivity index (χ0n) is 19.0. The molecular formula is C28H38F2O. The quantitative estimate of drug-likeness (QED) is 0.415. The van der Waals surface area contributed by atoms with E-state index in [9.17, 15) is 8.78 Å². The lowest BCUT2D eigenvalue weighted by molar-refractivity contribution is 0.0718. The van der Waals surface area contributed by atoms with Crippen molar-refractivity contribution in [2.45, 2.75) is 77.0 Å². The van der Waals surface area contributed by atoms with Crippen molar-refractivity contribution >= 4 is 0 Å². The minimum Gasteiger partial charge on any atom is -0.483 e. The van der Waals surface area contributed by atoms with Crippen LogP contribution in [0.2, 0.25) is 0 Å². The maximum Gasteiger partial charge on any atom is 0.191 e.